The second-order valence-corrected chi connectivity index (χ2v) is 11.6. The molecule has 9 heteroatoms. The fourth-order valence-corrected chi connectivity index (χ4v) is 5.56. The van der Waals surface area contributed by atoms with Gasteiger partial charge in [-0.1, -0.05) is 72.8 Å². The number of nitrogens with zero attached hydrogens (tertiary/aromatic N) is 1. The van der Waals surface area contributed by atoms with Crippen LogP contribution in [0.3, 0.4) is 0 Å². The summed E-state index contributed by atoms with van der Waals surface area (Å²) in [5.41, 5.74) is 1.53. The molecule has 9 nitrogen and oxygen atoms in total. The van der Waals surface area contributed by atoms with E-state index in [4.69, 9.17) is 4.74 Å². The van der Waals surface area contributed by atoms with Gasteiger partial charge in [0.2, 0.25) is 17.7 Å². The number of para-hydroxylation sites is 1. The molecule has 0 radical (unpaired) electrons. The first-order valence-corrected chi connectivity index (χ1v) is 15.3. The van der Waals surface area contributed by atoms with E-state index in [9.17, 15) is 19.2 Å². The van der Waals surface area contributed by atoms with E-state index in [0.29, 0.717) is 31.6 Å². The van der Waals surface area contributed by atoms with Crippen LogP contribution in [0.4, 0.5) is 0 Å². The quantitative estimate of drug-likeness (QED) is 0.362. The minimum absolute atomic E-state index is 0.0211. The molecular weight excluding hydrogens is 556 g/mol. The second-order valence-electron chi connectivity index (χ2n) is 11.6. The van der Waals surface area contributed by atoms with Crippen molar-refractivity contribution in [2.75, 3.05) is 20.2 Å². The molecule has 1 aliphatic heterocycles. The molecule has 230 valence electrons. The molecule has 1 heterocycles. The Morgan fingerprint density at radius 3 is 2.30 bits per heavy atom. The molecule has 0 unspecified atom stereocenters. The summed E-state index contributed by atoms with van der Waals surface area (Å²) in [5.74, 6) is -0.965. The van der Waals surface area contributed by atoms with Crippen molar-refractivity contribution in [3.63, 3.8) is 0 Å². The van der Waals surface area contributed by atoms with E-state index in [1.165, 1.54) is 5.56 Å². The molecule has 1 aliphatic carbocycles. The van der Waals surface area contributed by atoms with Crippen LogP contribution >= 0.6 is 0 Å². The normalized spacial score (nSPS) is 20.3. The largest absolute Gasteiger partial charge is 0.491 e. The number of ether oxygens (including phenoxy) is 1. The standard InChI is InChI=1S/C35H40N4O5/c1-39-27(23-26-13-6-3-7-14-26)24-44-30-17-9-8-16-28(30)32(41)37-29(18-19-31(40)38-35(20-21-35)34(39)43)33(42)36-22-10-15-25-11-4-2-5-12-25/h2-9,11-14,16-17,27,29H,10,15,18-24H2,1H3,(H,36,42)(H,37,41)(H,38,40)/t27-,29-/m0/s1. The zero-order valence-electron chi connectivity index (χ0n) is 25.1. The van der Waals surface area contributed by atoms with Crippen molar-refractivity contribution in [2.24, 2.45) is 0 Å². The zero-order valence-corrected chi connectivity index (χ0v) is 25.1. The van der Waals surface area contributed by atoms with Gasteiger partial charge in [-0.15, -0.1) is 0 Å². The van der Waals surface area contributed by atoms with Crippen LogP contribution in [0.25, 0.3) is 0 Å². The van der Waals surface area contributed by atoms with Crippen LogP contribution in [-0.4, -0.2) is 66.4 Å². The first-order chi connectivity index (χ1) is 21.3. The first kappa shape index (κ1) is 30.8. The first-order valence-electron chi connectivity index (χ1n) is 15.3. The molecule has 3 aromatic rings. The number of amides is 4. The van der Waals surface area contributed by atoms with Crippen LogP contribution in [0.15, 0.2) is 84.9 Å². The Morgan fingerprint density at radius 2 is 1.59 bits per heavy atom. The lowest BCUT2D eigenvalue weighted by Gasteiger charge is -2.32. The van der Waals surface area contributed by atoms with E-state index in [1.807, 2.05) is 60.7 Å². The minimum atomic E-state index is -0.961. The SMILES string of the molecule is CN1C(=O)C2(CC2)NC(=O)CC[C@@H](C(=O)NCCCc2ccccc2)NC(=O)c2ccccc2OC[C@@H]1Cc1ccccc1. The van der Waals surface area contributed by atoms with Crippen LogP contribution in [-0.2, 0) is 27.2 Å². The lowest BCUT2D eigenvalue weighted by atomic mass is 10.0. The third-order valence-corrected chi connectivity index (χ3v) is 8.35. The van der Waals surface area contributed by atoms with Crippen LogP contribution in [0.5, 0.6) is 5.75 Å². The van der Waals surface area contributed by atoms with Gasteiger partial charge in [0.25, 0.3) is 5.91 Å². The number of carbonyl (C=O) groups excluding carboxylic acids is 4. The van der Waals surface area contributed by atoms with E-state index in [-0.39, 0.29) is 48.8 Å². The molecule has 2 aliphatic rings. The highest BCUT2D eigenvalue weighted by atomic mass is 16.5. The molecule has 0 saturated heterocycles. The molecule has 5 rings (SSSR count). The second kappa shape index (κ2) is 14.2. The summed E-state index contributed by atoms with van der Waals surface area (Å²) in [6.07, 6.45) is 3.23. The number of hydrogen-bond donors (Lipinski definition) is 3. The van der Waals surface area contributed by atoms with Crippen LogP contribution in [0.2, 0.25) is 0 Å². The predicted molar refractivity (Wildman–Crippen MR) is 167 cm³/mol. The maximum atomic E-state index is 13.8. The summed E-state index contributed by atoms with van der Waals surface area (Å²) >= 11 is 0. The summed E-state index contributed by atoms with van der Waals surface area (Å²) in [5, 5.41) is 8.70. The van der Waals surface area contributed by atoms with E-state index in [0.717, 1.165) is 18.4 Å². The number of fused-ring (bicyclic) bond motifs is 1. The molecule has 4 amide bonds. The number of aryl methyl sites for hydroxylation is 1. The minimum Gasteiger partial charge on any atom is -0.491 e. The van der Waals surface area contributed by atoms with Gasteiger partial charge in [-0.25, -0.2) is 0 Å². The smallest absolute Gasteiger partial charge is 0.255 e. The topological polar surface area (TPSA) is 117 Å². The number of rotatable bonds is 7. The average molecular weight is 597 g/mol. The van der Waals surface area contributed by atoms with Crippen molar-refractivity contribution >= 4 is 23.6 Å². The Bertz CT molecular complexity index is 1460. The van der Waals surface area contributed by atoms with Crippen molar-refractivity contribution < 1.29 is 23.9 Å². The van der Waals surface area contributed by atoms with Crippen molar-refractivity contribution in [1.82, 2.24) is 20.9 Å². The Labute approximate surface area is 258 Å². The number of carbonyl (C=O) groups is 4. The van der Waals surface area contributed by atoms with Gasteiger partial charge in [0.05, 0.1) is 11.6 Å². The summed E-state index contributed by atoms with van der Waals surface area (Å²) in [4.78, 5) is 55.3. The molecule has 1 saturated carbocycles. The van der Waals surface area contributed by atoms with Crippen LogP contribution in [0, 0.1) is 0 Å². The highest BCUT2D eigenvalue weighted by Gasteiger charge is 2.53. The molecule has 3 aromatic carbocycles. The Hall–Kier alpha value is -4.66. The number of hydrogen-bond acceptors (Lipinski definition) is 5. The molecule has 1 spiro atoms. The van der Waals surface area contributed by atoms with Gasteiger partial charge in [0, 0.05) is 20.0 Å². The summed E-state index contributed by atoms with van der Waals surface area (Å²) < 4.78 is 6.22. The van der Waals surface area contributed by atoms with Gasteiger partial charge in [0.1, 0.15) is 23.9 Å². The Kier molecular flexibility index (Phi) is 9.94. The van der Waals surface area contributed by atoms with Crippen LogP contribution in [0.1, 0.15) is 53.6 Å². The molecule has 44 heavy (non-hydrogen) atoms. The highest BCUT2D eigenvalue weighted by Crippen LogP contribution is 2.38. The summed E-state index contributed by atoms with van der Waals surface area (Å²) in [6.45, 7) is 0.565. The van der Waals surface area contributed by atoms with Crippen LogP contribution < -0.4 is 20.7 Å². The fourth-order valence-electron chi connectivity index (χ4n) is 5.56. The van der Waals surface area contributed by atoms with E-state index in [1.54, 1.807) is 36.2 Å². The third kappa shape index (κ3) is 7.83. The molecule has 3 N–H and O–H groups in total. The number of benzene rings is 3. The molecule has 0 bridgehead atoms. The summed E-state index contributed by atoms with van der Waals surface area (Å²) in [7, 11) is 1.74. The van der Waals surface area contributed by atoms with Crippen molar-refractivity contribution in [3.8, 4) is 5.75 Å². The van der Waals surface area contributed by atoms with Gasteiger partial charge >= 0.3 is 0 Å². The number of nitrogens with one attached hydrogen (secondary N) is 3. The van der Waals surface area contributed by atoms with E-state index in [2.05, 4.69) is 16.0 Å². The van der Waals surface area contributed by atoms with Gasteiger partial charge in [0.15, 0.2) is 0 Å². The molecule has 0 aromatic heterocycles. The Balaban J connectivity index is 1.34. The van der Waals surface area contributed by atoms with Gasteiger partial charge in [-0.3, -0.25) is 19.2 Å². The Morgan fingerprint density at radius 1 is 0.932 bits per heavy atom. The third-order valence-electron chi connectivity index (χ3n) is 8.35. The monoisotopic (exact) mass is 596 g/mol. The maximum absolute atomic E-state index is 13.8. The van der Waals surface area contributed by atoms with Gasteiger partial charge < -0.3 is 25.6 Å². The highest BCUT2D eigenvalue weighted by molar-refractivity contribution is 6.00. The van der Waals surface area contributed by atoms with E-state index < -0.39 is 17.5 Å². The average Bonchev–Trinajstić information content (AvgIpc) is 3.83. The zero-order chi connectivity index (χ0) is 30.9. The van der Waals surface area contributed by atoms with Crippen molar-refractivity contribution in [3.05, 3.63) is 102 Å². The molecule has 1 fully saturated rings. The number of likely N-dealkylation sites (N-methyl/N-ethyl adjacent to an activating group) is 1. The van der Waals surface area contributed by atoms with Crippen molar-refractivity contribution in [1.29, 1.82) is 0 Å². The fraction of sp³-hybridized carbons (Fsp3) is 0.371. The predicted octanol–water partition coefficient (Wildman–Crippen LogP) is 3.43. The van der Waals surface area contributed by atoms with Gasteiger partial charge in [-0.05, 0) is 61.8 Å². The maximum Gasteiger partial charge on any atom is 0.255 e. The lowest BCUT2D eigenvalue weighted by molar-refractivity contribution is -0.139. The molecule has 2 atom stereocenters. The van der Waals surface area contributed by atoms with Gasteiger partial charge in [-0.2, -0.15) is 0 Å². The van der Waals surface area contributed by atoms with E-state index >= 15 is 0 Å². The lowest BCUT2D eigenvalue weighted by Crippen LogP contribution is -2.54. The summed E-state index contributed by atoms with van der Waals surface area (Å²) in [6, 6.07) is 25.4. The molecular formula is C35H40N4O5. The van der Waals surface area contributed by atoms with Crippen molar-refractivity contribution in [2.45, 2.75) is 62.6 Å².